The van der Waals surface area contributed by atoms with E-state index in [-0.39, 0.29) is 24.1 Å². The van der Waals surface area contributed by atoms with Crippen molar-refractivity contribution in [1.29, 1.82) is 0 Å². The molecule has 2 rings (SSSR count). The van der Waals surface area contributed by atoms with Gasteiger partial charge in [-0.25, -0.2) is 8.42 Å². The van der Waals surface area contributed by atoms with Crippen molar-refractivity contribution in [3.63, 3.8) is 0 Å². The van der Waals surface area contributed by atoms with Gasteiger partial charge in [-0.05, 0) is 50.0 Å². The van der Waals surface area contributed by atoms with E-state index in [9.17, 15) is 8.42 Å². The van der Waals surface area contributed by atoms with E-state index in [1.165, 1.54) is 6.07 Å². The van der Waals surface area contributed by atoms with Crippen LogP contribution in [0.25, 0.3) is 0 Å². The molecule has 0 bridgehead atoms. The van der Waals surface area contributed by atoms with E-state index in [0.717, 1.165) is 25.9 Å². The van der Waals surface area contributed by atoms with Gasteiger partial charge in [0.1, 0.15) is 0 Å². The van der Waals surface area contributed by atoms with Crippen molar-refractivity contribution < 1.29 is 8.42 Å². The lowest BCUT2D eigenvalue weighted by molar-refractivity contribution is 0.404. The predicted octanol–water partition coefficient (Wildman–Crippen LogP) is 2.54. The summed E-state index contributed by atoms with van der Waals surface area (Å²) in [7, 11) is -3.21. The molecule has 0 aromatic heterocycles. The molecule has 3 nitrogen and oxygen atoms in total. The van der Waals surface area contributed by atoms with Crippen LogP contribution in [0.15, 0.2) is 29.2 Å². The average molecular weight is 310 g/mol. The molecule has 1 aliphatic rings. The highest BCUT2D eigenvalue weighted by Crippen LogP contribution is 2.21. The van der Waals surface area contributed by atoms with Crippen LogP contribution >= 0.6 is 24.0 Å². The maximum absolute atomic E-state index is 12.2. The lowest BCUT2D eigenvalue weighted by Crippen LogP contribution is -2.33. The number of sulfone groups is 1. The molecule has 102 valence electrons. The van der Waals surface area contributed by atoms with Gasteiger partial charge in [-0.1, -0.05) is 17.7 Å². The van der Waals surface area contributed by atoms with Crippen molar-refractivity contribution in [3.8, 4) is 0 Å². The van der Waals surface area contributed by atoms with Gasteiger partial charge in [-0.2, -0.15) is 0 Å². The summed E-state index contributed by atoms with van der Waals surface area (Å²) in [5.41, 5.74) is 0. The fourth-order valence-corrected chi connectivity index (χ4v) is 4.08. The second-order valence-electron chi connectivity index (χ2n) is 4.45. The Morgan fingerprint density at radius 3 is 2.78 bits per heavy atom. The molecule has 1 saturated heterocycles. The summed E-state index contributed by atoms with van der Waals surface area (Å²) in [5, 5.41) is 3.70. The van der Waals surface area contributed by atoms with E-state index in [0.29, 0.717) is 9.92 Å². The molecule has 1 aromatic rings. The molecule has 0 amide bonds. The van der Waals surface area contributed by atoms with Crippen LogP contribution in [0.1, 0.15) is 12.8 Å². The Labute approximate surface area is 119 Å². The largest absolute Gasteiger partial charge is 0.316 e. The van der Waals surface area contributed by atoms with Crippen molar-refractivity contribution in [2.24, 2.45) is 5.92 Å². The average Bonchev–Trinajstić information content (AvgIpc) is 2.30. The minimum absolute atomic E-state index is 0. The number of piperidine rings is 1. The summed E-state index contributed by atoms with van der Waals surface area (Å²) in [6, 6.07) is 6.49. The summed E-state index contributed by atoms with van der Waals surface area (Å²) in [6.07, 6.45) is 2.03. The van der Waals surface area contributed by atoms with E-state index in [1.54, 1.807) is 18.2 Å². The van der Waals surface area contributed by atoms with Crippen molar-refractivity contribution in [2.45, 2.75) is 17.7 Å². The highest BCUT2D eigenvalue weighted by atomic mass is 35.5. The summed E-state index contributed by atoms with van der Waals surface area (Å²) >= 11 is 5.82. The van der Waals surface area contributed by atoms with Gasteiger partial charge in [-0.3, -0.25) is 0 Å². The van der Waals surface area contributed by atoms with E-state index in [1.807, 2.05) is 0 Å². The molecule has 1 heterocycles. The first-order valence-electron chi connectivity index (χ1n) is 5.77. The van der Waals surface area contributed by atoms with Gasteiger partial charge in [0.05, 0.1) is 10.6 Å². The Hall–Kier alpha value is -0.290. The first-order chi connectivity index (χ1) is 8.08. The van der Waals surface area contributed by atoms with E-state index < -0.39 is 9.84 Å². The number of rotatable bonds is 3. The predicted molar refractivity (Wildman–Crippen MR) is 76.3 cm³/mol. The topological polar surface area (TPSA) is 46.2 Å². The first-order valence-corrected chi connectivity index (χ1v) is 7.80. The highest BCUT2D eigenvalue weighted by Gasteiger charge is 2.22. The second kappa shape index (κ2) is 6.75. The number of hydrogen-bond donors (Lipinski definition) is 1. The van der Waals surface area contributed by atoms with Crippen molar-refractivity contribution in [3.05, 3.63) is 29.3 Å². The van der Waals surface area contributed by atoms with Gasteiger partial charge < -0.3 is 5.32 Å². The third-order valence-corrected chi connectivity index (χ3v) is 5.13. The van der Waals surface area contributed by atoms with E-state index in [4.69, 9.17) is 11.6 Å². The van der Waals surface area contributed by atoms with Crippen LogP contribution in [-0.2, 0) is 9.84 Å². The zero-order chi connectivity index (χ0) is 12.3. The Morgan fingerprint density at radius 1 is 1.39 bits per heavy atom. The van der Waals surface area contributed by atoms with E-state index >= 15 is 0 Å². The zero-order valence-electron chi connectivity index (χ0n) is 9.93. The van der Waals surface area contributed by atoms with Gasteiger partial charge in [0.25, 0.3) is 0 Å². The Bertz CT molecular complexity index is 485. The van der Waals surface area contributed by atoms with Gasteiger partial charge in [0, 0.05) is 5.02 Å². The molecule has 18 heavy (non-hydrogen) atoms. The third kappa shape index (κ3) is 4.12. The van der Waals surface area contributed by atoms with Crippen LogP contribution < -0.4 is 5.32 Å². The third-order valence-electron chi connectivity index (χ3n) is 3.01. The van der Waals surface area contributed by atoms with Crippen LogP contribution in [0.2, 0.25) is 5.02 Å². The normalized spacial score (nSPS) is 20.2. The van der Waals surface area contributed by atoms with E-state index in [2.05, 4.69) is 5.32 Å². The molecule has 0 aliphatic carbocycles. The van der Waals surface area contributed by atoms with Crippen molar-refractivity contribution in [2.75, 3.05) is 18.8 Å². The SMILES string of the molecule is Cl.O=S(=O)(CC1CCCNC1)c1cccc(Cl)c1. The minimum atomic E-state index is -3.21. The van der Waals surface area contributed by atoms with Crippen molar-refractivity contribution in [1.82, 2.24) is 5.32 Å². The summed E-state index contributed by atoms with van der Waals surface area (Å²) in [5.74, 6) is 0.424. The molecule has 0 saturated carbocycles. The second-order valence-corrected chi connectivity index (χ2v) is 6.92. The molecule has 1 fully saturated rings. The van der Waals surface area contributed by atoms with Crippen LogP contribution in [-0.4, -0.2) is 27.3 Å². The molecule has 1 N–H and O–H groups in total. The molecule has 1 aromatic carbocycles. The molecule has 1 aliphatic heterocycles. The molecule has 6 heteroatoms. The summed E-state index contributed by atoms with van der Waals surface area (Å²) in [4.78, 5) is 0.329. The number of nitrogens with one attached hydrogen (secondary N) is 1. The molecular formula is C12H17Cl2NO2S. The fourth-order valence-electron chi connectivity index (χ4n) is 2.13. The lowest BCUT2D eigenvalue weighted by Gasteiger charge is -2.22. The maximum atomic E-state index is 12.2. The van der Waals surface area contributed by atoms with Crippen molar-refractivity contribution >= 4 is 33.8 Å². The highest BCUT2D eigenvalue weighted by molar-refractivity contribution is 7.91. The molecule has 0 spiro atoms. The zero-order valence-corrected chi connectivity index (χ0v) is 12.3. The monoisotopic (exact) mass is 309 g/mol. The number of hydrogen-bond acceptors (Lipinski definition) is 3. The first kappa shape index (κ1) is 15.8. The van der Waals surface area contributed by atoms with Crippen LogP contribution in [0.3, 0.4) is 0 Å². The molecular weight excluding hydrogens is 293 g/mol. The Kier molecular flexibility index (Phi) is 5.92. The number of benzene rings is 1. The summed E-state index contributed by atoms with van der Waals surface area (Å²) < 4.78 is 24.3. The van der Waals surface area contributed by atoms with Gasteiger partial charge in [0.2, 0.25) is 0 Å². The van der Waals surface area contributed by atoms with Gasteiger partial charge in [-0.15, -0.1) is 12.4 Å². The lowest BCUT2D eigenvalue weighted by atomic mass is 10.0. The standard InChI is InChI=1S/C12H16ClNO2S.ClH/c13-11-4-1-5-12(7-11)17(15,16)9-10-3-2-6-14-8-10;/h1,4-5,7,10,14H,2-3,6,8-9H2;1H. The molecule has 0 radical (unpaired) electrons. The van der Waals surface area contributed by atoms with Gasteiger partial charge >= 0.3 is 0 Å². The van der Waals surface area contributed by atoms with Crippen LogP contribution in [0, 0.1) is 5.92 Å². The Morgan fingerprint density at radius 2 is 2.17 bits per heavy atom. The molecule has 1 atom stereocenters. The smallest absolute Gasteiger partial charge is 0.178 e. The van der Waals surface area contributed by atoms with Gasteiger partial charge in [0.15, 0.2) is 9.84 Å². The summed E-state index contributed by atoms with van der Waals surface area (Å²) in [6.45, 7) is 1.79. The maximum Gasteiger partial charge on any atom is 0.178 e. The van der Waals surface area contributed by atoms with Crippen LogP contribution in [0.5, 0.6) is 0 Å². The van der Waals surface area contributed by atoms with Crippen LogP contribution in [0.4, 0.5) is 0 Å². The minimum Gasteiger partial charge on any atom is -0.316 e. The molecule has 1 unspecified atom stereocenters. The quantitative estimate of drug-likeness (QED) is 0.933. The fraction of sp³-hybridized carbons (Fsp3) is 0.500. The Balaban J connectivity index is 0.00000162. The number of halogens is 2.